The van der Waals surface area contributed by atoms with Gasteiger partial charge in [0.1, 0.15) is 5.15 Å². The Kier molecular flexibility index (Phi) is 4.04. The van der Waals surface area contributed by atoms with E-state index in [1.807, 2.05) is 0 Å². The fourth-order valence-electron chi connectivity index (χ4n) is 1.37. The summed E-state index contributed by atoms with van der Waals surface area (Å²) in [4.78, 5) is 6.74. The monoisotopic (exact) mass is 420 g/mol. The molecule has 0 saturated heterocycles. The third kappa shape index (κ3) is 2.71. The lowest BCUT2D eigenvalue weighted by Crippen LogP contribution is -2.26. The molecule has 2 rings (SSSR count). The van der Waals surface area contributed by atoms with Crippen molar-refractivity contribution < 1.29 is 17.6 Å². The zero-order valence-electron chi connectivity index (χ0n) is 8.77. The van der Waals surface area contributed by atoms with Gasteiger partial charge in [0.25, 0.3) is 0 Å². The average molecular weight is 422 g/mol. The van der Waals surface area contributed by atoms with Gasteiger partial charge in [0, 0.05) is 14.3 Å². The maximum atomic E-state index is 13.2. The molecule has 0 radical (unpaired) electrons. The van der Waals surface area contributed by atoms with Crippen LogP contribution in [0.1, 0.15) is 5.82 Å². The van der Waals surface area contributed by atoms with E-state index in [2.05, 4.69) is 41.8 Å². The summed E-state index contributed by atoms with van der Waals surface area (Å²) in [6.07, 6.45) is -3.91. The number of benzene rings is 1. The Morgan fingerprint density at radius 3 is 2.37 bits per heavy atom. The first-order chi connectivity index (χ1) is 8.73. The van der Waals surface area contributed by atoms with Crippen LogP contribution >= 0.6 is 43.5 Å². The fraction of sp³-hybridized carbons (Fsp3) is 0.200. The number of fused-ring (bicyclic) bond motifs is 1. The van der Waals surface area contributed by atoms with E-state index >= 15 is 0 Å². The summed E-state index contributed by atoms with van der Waals surface area (Å²) in [5.74, 6) is -5.76. The van der Waals surface area contributed by atoms with Gasteiger partial charge in [-0.3, -0.25) is 0 Å². The van der Waals surface area contributed by atoms with E-state index in [-0.39, 0.29) is 16.1 Å². The Hall–Kier alpha value is -0.470. The first-order valence-electron chi connectivity index (χ1n) is 4.72. The van der Waals surface area contributed by atoms with Crippen LogP contribution in [0.5, 0.6) is 0 Å². The highest BCUT2D eigenvalue weighted by atomic mass is 79.9. The second kappa shape index (κ2) is 5.14. The molecular weight excluding hydrogens is 419 g/mol. The van der Waals surface area contributed by atoms with Crippen molar-refractivity contribution in [3.8, 4) is 0 Å². The van der Waals surface area contributed by atoms with Crippen molar-refractivity contribution in [1.29, 1.82) is 0 Å². The molecule has 0 spiro atoms. The maximum Gasteiger partial charge on any atom is 0.365 e. The zero-order valence-corrected chi connectivity index (χ0v) is 12.7. The van der Waals surface area contributed by atoms with Crippen molar-refractivity contribution in [3.63, 3.8) is 0 Å². The third-order valence-corrected chi connectivity index (χ3v) is 3.59. The van der Waals surface area contributed by atoms with Gasteiger partial charge in [0.2, 0.25) is 5.82 Å². The minimum Gasteiger partial charge on any atom is -0.225 e. The molecular formula is C10H3Br2ClF4N2. The van der Waals surface area contributed by atoms with Gasteiger partial charge in [0.15, 0.2) is 0 Å². The van der Waals surface area contributed by atoms with Gasteiger partial charge in [0.05, 0.1) is 5.52 Å². The molecule has 0 amide bonds. The maximum absolute atomic E-state index is 13.2. The van der Waals surface area contributed by atoms with Gasteiger partial charge in [-0.1, -0.05) is 27.5 Å². The van der Waals surface area contributed by atoms with Gasteiger partial charge in [-0.2, -0.15) is 8.78 Å². The van der Waals surface area contributed by atoms with Gasteiger partial charge in [-0.25, -0.2) is 18.7 Å². The topological polar surface area (TPSA) is 25.8 Å². The molecule has 0 aliphatic carbocycles. The Balaban J connectivity index is 2.76. The average Bonchev–Trinajstić information content (AvgIpc) is 2.29. The van der Waals surface area contributed by atoms with Crippen molar-refractivity contribution >= 4 is 54.4 Å². The number of hydrogen-bond acceptors (Lipinski definition) is 2. The molecule has 0 bridgehead atoms. The molecule has 2 nitrogen and oxygen atoms in total. The third-order valence-electron chi connectivity index (χ3n) is 2.24. The van der Waals surface area contributed by atoms with Crippen LogP contribution in [0, 0.1) is 0 Å². The fourth-order valence-corrected chi connectivity index (χ4v) is 2.91. The molecule has 0 fully saturated rings. The number of hydrogen-bond donors (Lipinski definition) is 0. The highest BCUT2D eigenvalue weighted by Gasteiger charge is 2.46. The van der Waals surface area contributed by atoms with Gasteiger partial charge in [-0.15, -0.1) is 0 Å². The molecule has 0 aliphatic rings. The normalized spacial score (nSPS) is 12.4. The highest BCUT2D eigenvalue weighted by Crippen LogP contribution is 2.36. The minimum absolute atomic E-state index is 0.0403. The molecule has 2 aromatic rings. The number of rotatable bonds is 2. The predicted octanol–water partition coefficient (Wildman–Crippen LogP) is 5.17. The van der Waals surface area contributed by atoms with Gasteiger partial charge >= 0.3 is 12.3 Å². The van der Waals surface area contributed by atoms with E-state index in [4.69, 9.17) is 11.6 Å². The molecule has 0 saturated carbocycles. The number of alkyl halides is 4. The molecule has 102 valence electrons. The van der Waals surface area contributed by atoms with E-state index in [1.54, 1.807) is 0 Å². The van der Waals surface area contributed by atoms with Crippen LogP contribution in [0.25, 0.3) is 10.9 Å². The van der Waals surface area contributed by atoms with Crippen molar-refractivity contribution in [2.75, 3.05) is 0 Å². The van der Waals surface area contributed by atoms with Crippen LogP contribution in [-0.4, -0.2) is 16.4 Å². The Bertz CT molecular complexity index is 651. The Labute approximate surface area is 126 Å². The smallest absolute Gasteiger partial charge is 0.225 e. The summed E-state index contributed by atoms with van der Waals surface area (Å²) < 4.78 is 52.0. The molecule has 19 heavy (non-hydrogen) atoms. The van der Waals surface area contributed by atoms with Crippen molar-refractivity contribution in [3.05, 3.63) is 32.1 Å². The van der Waals surface area contributed by atoms with Crippen LogP contribution in [0.2, 0.25) is 5.15 Å². The van der Waals surface area contributed by atoms with Crippen molar-refractivity contribution in [2.24, 2.45) is 0 Å². The molecule has 0 N–H and O–H groups in total. The van der Waals surface area contributed by atoms with Crippen LogP contribution in [0.3, 0.4) is 0 Å². The lowest BCUT2D eigenvalue weighted by molar-refractivity contribution is -0.140. The summed E-state index contributed by atoms with van der Waals surface area (Å²) in [5, 5.41) is -0.0425. The quantitative estimate of drug-likeness (QED) is 0.493. The lowest BCUT2D eigenvalue weighted by atomic mass is 10.2. The molecule has 1 heterocycles. The minimum atomic E-state index is -4.45. The summed E-state index contributed by atoms with van der Waals surface area (Å²) in [7, 11) is 0. The number of halogens is 7. The molecule has 1 aromatic carbocycles. The van der Waals surface area contributed by atoms with Crippen molar-refractivity contribution in [2.45, 2.75) is 12.3 Å². The Morgan fingerprint density at radius 2 is 1.79 bits per heavy atom. The van der Waals surface area contributed by atoms with Crippen LogP contribution in [-0.2, 0) is 5.92 Å². The van der Waals surface area contributed by atoms with E-state index in [1.165, 1.54) is 12.1 Å². The second-order valence-electron chi connectivity index (χ2n) is 3.55. The molecule has 0 atom stereocenters. The lowest BCUT2D eigenvalue weighted by Gasteiger charge is -2.15. The predicted molar refractivity (Wildman–Crippen MR) is 69.8 cm³/mol. The van der Waals surface area contributed by atoms with Crippen LogP contribution < -0.4 is 0 Å². The van der Waals surface area contributed by atoms with E-state index in [0.717, 1.165) is 0 Å². The van der Waals surface area contributed by atoms with Crippen LogP contribution in [0.4, 0.5) is 17.6 Å². The van der Waals surface area contributed by atoms with E-state index < -0.39 is 18.2 Å². The van der Waals surface area contributed by atoms with Crippen molar-refractivity contribution in [1.82, 2.24) is 9.97 Å². The summed E-state index contributed by atoms with van der Waals surface area (Å²) in [5.41, 5.74) is 0.0403. The molecule has 9 heteroatoms. The largest absolute Gasteiger partial charge is 0.365 e. The molecule has 0 unspecified atom stereocenters. The summed E-state index contributed by atoms with van der Waals surface area (Å²) in [6, 6.07) is 3.04. The molecule has 1 aromatic heterocycles. The summed E-state index contributed by atoms with van der Waals surface area (Å²) in [6.45, 7) is 0. The standard InChI is InChI=1S/C10H3Br2ClF4N2/c11-3-1-4-6(5(12)2-3)18-9(19-7(4)13)10(16,17)8(14)15/h1-2,8H. The number of nitrogens with zero attached hydrogens (tertiary/aromatic N) is 2. The van der Waals surface area contributed by atoms with Crippen LogP contribution in [0.15, 0.2) is 21.1 Å². The molecule has 0 aliphatic heterocycles. The van der Waals surface area contributed by atoms with E-state index in [0.29, 0.717) is 8.95 Å². The van der Waals surface area contributed by atoms with Gasteiger partial charge in [-0.05, 0) is 28.1 Å². The first-order valence-corrected chi connectivity index (χ1v) is 6.68. The Morgan fingerprint density at radius 1 is 1.16 bits per heavy atom. The second-order valence-corrected chi connectivity index (χ2v) is 5.67. The number of aromatic nitrogens is 2. The SMILES string of the molecule is FC(F)C(F)(F)c1nc(Cl)c2cc(Br)cc(Br)c2n1. The zero-order chi connectivity index (χ0) is 14.4. The van der Waals surface area contributed by atoms with E-state index in [9.17, 15) is 17.6 Å². The first kappa shape index (κ1) is 14.9. The highest BCUT2D eigenvalue weighted by molar-refractivity contribution is 9.11. The summed E-state index contributed by atoms with van der Waals surface area (Å²) >= 11 is 12.0. The van der Waals surface area contributed by atoms with Gasteiger partial charge < -0.3 is 0 Å².